The number of aliphatic carboxylic acids is 1. The van der Waals surface area contributed by atoms with E-state index in [0.29, 0.717) is 6.42 Å². The SMILES string of the molecule is O=C(CCc1ccc(F)cc1)NC[C@H](O)C(=O)O. The normalized spacial score (nSPS) is 11.9. The Morgan fingerprint density at radius 1 is 1.28 bits per heavy atom. The Labute approximate surface area is 103 Å². The zero-order valence-electron chi connectivity index (χ0n) is 9.60. The molecule has 0 spiro atoms. The lowest BCUT2D eigenvalue weighted by atomic mass is 10.1. The van der Waals surface area contributed by atoms with Gasteiger partial charge in [0, 0.05) is 6.42 Å². The van der Waals surface area contributed by atoms with Crippen LogP contribution in [0.3, 0.4) is 0 Å². The van der Waals surface area contributed by atoms with Crippen LogP contribution in [0.25, 0.3) is 0 Å². The lowest BCUT2D eigenvalue weighted by Gasteiger charge is -2.07. The van der Waals surface area contributed by atoms with Crippen molar-refractivity contribution < 1.29 is 24.2 Å². The maximum atomic E-state index is 12.6. The van der Waals surface area contributed by atoms with Crippen molar-refractivity contribution in [2.75, 3.05) is 6.54 Å². The minimum Gasteiger partial charge on any atom is -0.479 e. The molecule has 0 bridgehead atoms. The highest BCUT2D eigenvalue weighted by Crippen LogP contribution is 2.05. The maximum absolute atomic E-state index is 12.6. The van der Waals surface area contributed by atoms with Crippen LogP contribution in [0.2, 0.25) is 0 Å². The third-order valence-corrected chi connectivity index (χ3v) is 2.33. The summed E-state index contributed by atoms with van der Waals surface area (Å²) >= 11 is 0. The van der Waals surface area contributed by atoms with Crippen LogP contribution in [-0.4, -0.2) is 34.7 Å². The minimum atomic E-state index is -1.60. The van der Waals surface area contributed by atoms with E-state index >= 15 is 0 Å². The molecule has 18 heavy (non-hydrogen) atoms. The second kappa shape index (κ2) is 6.70. The third kappa shape index (κ3) is 4.92. The first-order valence-corrected chi connectivity index (χ1v) is 5.41. The van der Waals surface area contributed by atoms with Crippen molar-refractivity contribution in [1.82, 2.24) is 5.32 Å². The first-order valence-electron chi connectivity index (χ1n) is 5.41. The number of nitrogens with one attached hydrogen (secondary N) is 1. The number of rotatable bonds is 6. The fraction of sp³-hybridized carbons (Fsp3) is 0.333. The quantitative estimate of drug-likeness (QED) is 0.683. The number of carboxylic acids is 1. The van der Waals surface area contributed by atoms with E-state index in [0.717, 1.165) is 5.56 Å². The van der Waals surface area contributed by atoms with Gasteiger partial charge in [0.25, 0.3) is 0 Å². The molecule has 6 heteroatoms. The fourth-order valence-corrected chi connectivity index (χ4v) is 1.30. The highest BCUT2D eigenvalue weighted by atomic mass is 19.1. The Hall–Kier alpha value is -1.95. The van der Waals surface area contributed by atoms with E-state index in [2.05, 4.69) is 5.32 Å². The molecule has 5 nitrogen and oxygen atoms in total. The fourth-order valence-electron chi connectivity index (χ4n) is 1.30. The smallest absolute Gasteiger partial charge is 0.334 e. The van der Waals surface area contributed by atoms with Gasteiger partial charge in [-0.3, -0.25) is 4.79 Å². The van der Waals surface area contributed by atoms with Gasteiger partial charge in [-0.15, -0.1) is 0 Å². The number of hydrogen-bond donors (Lipinski definition) is 3. The Morgan fingerprint density at radius 2 is 1.89 bits per heavy atom. The van der Waals surface area contributed by atoms with Gasteiger partial charge in [-0.25, -0.2) is 9.18 Å². The molecule has 0 aliphatic rings. The van der Waals surface area contributed by atoms with Crippen LogP contribution in [0, 0.1) is 5.82 Å². The molecule has 0 aliphatic carbocycles. The van der Waals surface area contributed by atoms with E-state index < -0.39 is 12.1 Å². The molecule has 1 aromatic rings. The molecule has 0 aliphatic heterocycles. The van der Waals surface area contributed by atoms with E-state index in [4.69, 9.17) is 10.2 Å². The van der Waals surface area contributed by atoms with E-state index in [1.807, 2.05) is 0 Å². The minimum absolute atomic E-state index is 0.151. The Morgan fingerprint density at radius 3 is 2.44 bits per heavy atom. The highest BCUT2D eigenvalue weighted by molar-refractivity contribution is 5.78. The number of aliphatic hydroxyl groups excluding tert-OH is 1. The van der Waals surface area contributed by atoms with Crippen LogP contribution in [0.4, 0.5) is 4.39 Å². The van der Waals surface area contributed by atoms with Crippen molar-refractivity contribution in [1.29, 1.82) is 0 Å². The van der Waals surface area contributed by atoms with Crippen LogP contribution in [-0.2, 0) is 16.0 Å². The maximum Gasteiger partial charge on any atom is 0.334 e. The average molecular weight is 255 g/mol. The van der Waals surface area contributed by atoms with Crippen molar-refractivity contribution in [3.05, 3.63) is 35.6 Å². The zero-order valence-corrected chi connectivity index (χ0v) is 9.60. The van der Waals surface area contributed by atoms with Gasteiger partial charge in [0.05, 0.1) is 6.54 Å². The van der Waals surface area contributed by atoms with Crippen LogP contribution >= 0.6 is 0 Å². The summed E-state index contributed by atoms with van der Waals surface area (Å²) in [5, 5.41) is 19.6. The van der Waals surface area contributed by atoms with Crippen LogP contribution in [0.15, 0.2) is 24.3 Å². The molecule has 1 aromatic carbocycles. The summed E-state index contributed by atoms with van der Waals surface area (Å²) in [6.07, 6.45) is -1.02. The number of hydrogen-bond acceptors (Lipinski definition) is 3. The van der Waals surface area contributed by atoms with Gasteiger partial charge in [0.15, 0.2) is 6.10 Å². The lowest BCUT2D eigenvalue weighted by Crippen LogP contribution is -2.36. The van der Waals surface area contributed by atoms with Crippen molar-refractivity contribution in [2.45, 2.75) is 18.9 Å². The van der Waals surface area contributed by atoms with Crippen molar-refractivity contribution >= 4 is 11.9 Å². The van der Waals surface area contributed by atoms with Crippen molar-refractivity contribution in [3.63, 3.8) is 0 Å². The summed E-state index contributed by atoms with van der Waals surface area (Å²) in [4.78, 5) is 21.6. The van der Waals surface area contributed by atoms with Crippen LogP contribution in [0.5, 0.6) is 0 Å². The van der Waals surface area contributed by atoms with Crippen LogP contribution < -0.4 is 5.32 Å². The average Bonchev–Trinajstić information content (AvgIpc) is 2.35. The van der Waals surface area contributed by atoms with E-state index in [1.54, 1.807) is 12.1 Å². The van der Waals surface area contributed by atoms with Gasteiger partial charge < -0.3 is 15.5 Å². The van der Waals surface area contributed by atoms with Gasteiger partial charge >= 0.3 is 5.97 Å². The third-order valence-electron chi connectivity index (χ3n) is 2.33. The standard InChI is InChI=1S/C12H14FNO4/c13-9-4-1-8(2-5-9)3-6-11(16)14-7-10(15)12(17)18/h1-2,4-5,10,15H,3,6-7H2,(H,14,16)(H,17,18)/t10-/m0/s1. The Bertz CT molecular complexity index is 419. The monoisotopic (exact) mass is 255 g/mol. The van der Waals surface area contributed by atoms with Gasteiger partial charge in [-0.05, 0) is 24.1 Å². The second-order valence-electron chi connectivity index (χ2n) is 3.78. The summed E-state index contributed by atoms with van der Waals surface area (Å²) in [6, 6.07) is 5.77. The van der Waals surface area contributed by atoms with Gasteiger partial charge in [0.1, 0.15) is 5.82 Å². The number of carbonyl (C=O) groups is 2. The number of amides is 1. The second-order valence-corrected chi connectivity index (χ2v) is 3.78. The zero-order chi connectivity index (χ0) is 13.5. The van der Waals surface area contributed by atoms with Gasteiger partial charge in [0.2, 0.25) is 5.91 Å². The first kappa shape index (κ1) is 14.1. The van der Waals surface area contributed by atoms with E-state index in [-0.39, 0.29) is 24.7 Å². The van der Waals surface area contributed by atoms with Crippen molar-refractivity contribution in [3.8, 4) is 0 Å². The number of carbonyl (C=O) groups excluding carboxylic acids is 1. The largest absolute Gasteiger partial charge is 0.479 e. The first-order chi connectivity index (χ1) is 8.49. The molecule has 0 saturated heterocycles. The number of carboxylic acid groups (broad SMARTS) is 1. The summed E-state index contributed by atoms with van der Waals surface area (Å²) in [5.74, 6) is -2.08. The molecule has 98 valence electrons. The molecule has 1 amide bonds. The Balaban J connectivity index is 2.29. The number of benzene rings is 1. The topological polar surface area (TPSA) is 86.6 Å². The molecule has 0 unspecified atom stereocenters. The highest BCUT2D eigenvalue weighted by Gasteiger charge is 2.13. The predicted octanol–water partition coefficient (Wildman–Crippen LogP) is 0.320. The summed E-state index contributed by atoms with van der Waals surface area (Å²) in [6.45, 7) is -0.322. The summed E-state index contributed by atoms with van der Waals surface area (Å²) < 4.78 is 12.6. The van der Waals surface area contributed by atoms with Gasteiger partial charge in [-0.1, -0.05) is 12.1 Å². The molecular formula is C12H14FNO4. The van der Waals surface area contributed by atoms with E-state index in [9.17, 15) is 14.0 Å². The molecule has 1 atom stereocenters. The number of halogens is 1. The molecule has 0 aromatic heterocycles. The molecule has 1 rings (SSSR count). The van der Waals surface area contributed by atoms with Crippen molar-refractivity contribution in [2.24, 2.45) is 0 Å². The Kier molecular flexibility index (Phi) is 5.26. The molecule has 3 N–H and O–H groups in total. The lowest BCUT2D eigenvalue weighted by molar-refractivity contribution is -0.146. The molecular weight excluding hydrogens is 241 g/mol. The molecule has 0 fully saturated rings. The molecule has 0 heterocycles. The summed E-state index contributed by atoms with van der Waals surface area (Å²) in [5.41, 5.74) is 0.810. The number of aliphatic hydroxyl groups is 1. The predicted molar refractivity (Wildman–Crippen MR) is 61.4 cm³/mol. The van der Waals surface area contributed by atoms with Gasteiger partial charge in [-0.2, -0.15) is 0 Å². The molecule has 0 radical (unpaired) electrons. The molecule has 0 saturated carbocycles. The number of aryl methyl sites for hydroxylation is 1. The van der Waals surface area contributed by atoms with E-state index in [1.165, 1.54) is 12.1 Å². The summed E-state index contributed by atoms with van der Waals surface area (Å²) in [7, 11) is 0. The van der Waals surface area contributed by atoms with Crippen LogP contribution in [0.1, 0.15) is 12.0 Å².